The monoisotopic (exact) mass is 277 g/mol. The summed E-state index contributed by atoms with van der Waals surface area (Å²) >= 11 is 0.531. The first kappa shape index (κ1) is 15.2. The van der Waals surface area contributed by atoms with E-state index in [1.807, 2.05) is 6.92 Å². The lowest BCUT2D eigenvalue weighted by atomic mass is 10.2. The van der Waals surface area contributed by atoms with Crippen LogP contribution in [0.3, 0.4) is 0 Å². The van der Waals surface area contributed by atoms with Crippen LogP contribution in [-0.2, 0) is 9.47 Å². The Morgan fingerprint density at radius 2 is 1.67 bits per heavy atom. The van der Waals surface area contributed by atoms with Gasteiger partial charge in [-0.2, -0.15) is 8.78 Å². The summed E-state index contributed by atoms with van der Waals surface area (Å²) in [4.78, 5) is 0.540. The normalized spacial score (nSPS) is 13.1. The van der Waals surface area contributed by atoms with Crippen molar-refractivity contribution in [1.29, 1.82) is 0 Å². The lowest BCUT2D eigenvalue weighted by molar-refractivity contribution is -0.109. The summed E-state index contributed by atoms with van der Waals surface area (Å²) in [7, 11) is 3.13. The number of methoxy groups -OCH3 is 2. The largest absolute Gasteiger partial charge is 0.377 e. The van der Waals surface area contributed by atoms with Crippen molar-refractivity contribution in [2.24, 2.45) is 0 Å². The summed E-state index contributed by atoms with van der Waals surface area (Å²) in [6.45, 7) is 1.92. The average molecular weight is 277 g/mol. The van der Waals surface area contributed by atoms with Gasteiger partial charge in [0, 0.05) is 24.8 Å². The summed E-state index contributed by atoms with van der Waals surface area (Å²) < 4.78 is 34.5. The summed E-state index contributed by atoms with van der Waals surface area (Å²) in [5.41, 5.74) is 0.834. The van der Waals surface area contributed by atoms with Crippen molar-refractivity contribution in [3.05, 3.63) is 24.3 Å². The molecule has 1 rings (SSSR count). The molecule has 0 saturated heterocycles. The SMILES string of the molecule is COC(OC)C(C)Nc1ccc(SC(F)F)cc1. The molecular formula is C12H17F2NO2S. The molecule has 0 amide bonds. The van der Waals surface area contributed by atoms with Crippen LogP contribution in [0.1, 0.15) is 6.92 Å². The highest BCUT2D eigenvalue weighted by atomic mass is 32.2. The van der Waals surface area contributed by atoms with Crippen molar-refractivity contribution in [3.63, 3.8) is 0 Å². The molecule has 0 fully saturated rings. The Morgan fingerprint density at radius 1 is 1.11 bits per heavy atom. The molecule has 102 valence electrons. The first-order chi connectivity index (χ1) is 8.56. The van der Waals surface area contributed by atoms with Crippen molar-refractivity contribution < 1.29 is 18.3 Å². The van der Waals surface area contributed by atoms with Gasteiger partial charge in [0.15, 0.2) is 6.29 Å². The molecular weight excluding hydrogens is 260 g/mol. The van der Waals surface area contributed by atoms with Crippen LogP contribution in [0.15, 0.2) is 29.2 Å². The van der Waals surface area contributed by atoms with Gasteiger partial charge in [-0.15, -0.1) is 0 Å². The molecule has 0 saturated carbocycles. The summed E-state index contributed by atoms with van der Waals surface area (Å²) in [5.74, 6) is -2.39. The van der Waals surface area contributed by atoms with Crippen LogP contribution in [-0.4, -0.2) is 32.3 Å². The number of thioether (sulfide) groups is 1. The summed E-state index contributed by atoms with van der Waals surface area (Å²) in [6, 6.07) is 6.77. The van der Waals surface area contributed by atoms with Gasteiger partial charge in [-0.25, -0.2) is 0 Å². The molecule has 3 nitrogen and oxygen atoms in total. The van der Waals surface area contributed by atoms with Gasteiger partial charge >= 0.3 is 0 Å². The average Bonchev–Trinajstić information content (AvgIpc) is 2.32. The Bertz CT molecular complexity index is 344. The number of hydrogen-bond donors (Lipinski definition) is 1. The molecule has 0 bridgehead atoms. The zero-order valence-corrected chi connectivity index (χ0v) is 11.3. The molecule has 0 radical (unpaired) electrons. The Kier molecular flexibility index (Phi) is 6.38. The molecule has 0 aromatic heterocycles. The van der Waals surface area contributed by atoms with Gasteiger partial charge in [0.25, 0.3) is 5.76 Å². The first-order valence-corrected chi connectivity index (χ1v) is 6.31. The van der Waals surface area contributed by atoms with Crippen molar-refractivity contribution in [2.45, 2.75) is 29.9 Å². The number of ether oxygens (including phenoxy) is 2. The summed E-state index contributed by atoms with van der Waals surface area (Å²) in [6.07, 6.45) is -0.361. The molecule has 1 N–H and O–H groups in total. The van der Waals surface area contributed by atoms with E-state index in [0.29, 0.717) is 16.7 Å². The minimum atomic E-state index is -2.39. The van der Waals surface area contributed by atoms with Crippen molar-refractivity contribution in [2.75, 3.05) is 19.5 Å². The van der Waals surface area contributed by atoms with Crippen LogP contribution >= 0.6 is 11.8 Å². The minimum absolute atomic E-state index is 0.0476. The third kappa shape index (κ3) is 4.80. The molecule has 0 spiro atoms. The molecule has 0 aliphatic carbocycles. The smallest absolute Gasteiger partial charge is 0.288 e. The molecule has 1 unspecified atom stereocenters. The summed E-state index contributed by atoms with van der Waals surface area (Å²) in [5, 5.41) is 3.18. The number of anilines is 1. The molecule has 1 aromatic carbocycles. The van der Waals surface area contributed by atoms with Crippen LogP contribution in [0.5, 0.6) is 0 Å². The number of nitrogens with one attached hydrogen (secondary N) is 1. The highest BCUT2D eigenvalue weighted by Gasteiger charge is 2.15. The van der Waals surface area contributed by atoms with Crippen LogP contribution < -0.4 is 5.32 Å². The van der Waals surface area contributed by atoms with Crippen molar-refractivity contribution in [1.82, 2.24) is 0 Å². The highest BCUT2D eigenvalue weighted by Crippen LogP contribution is 2.26. The molecule has 1 atom stereocenters. The fourth-order valence-electron chi connectivity index (χ4n) is 1.57. The Labute approximate surface area is 110 Å². The van der Waals surface area contributed by atoms with Crippen LogP contribution in [0.2, 0.25) is 0 Å². The second kappa shape index (κ2) is 7.56. The Hall–Kier alpha value is -0.850. The van der Waals surface area contributed by atoms with Crippen LogP contribution in [0.4, 0.5) is 14.5 Å². The van der Waals surface area contributed by atoms with E-state index in [0.717, 1.165) is 5.69 Å². The number of benzene rings is 1. The van der Waals surface area contributed by atoms with E-state index in [-0.39, 0.29) is 12.3 Å². The first-order valence-electron chi connectivity index (χ1n) is 5.43. The third-order valence-electron chi connectivity index (χ3n) is 2.35. The van der Waals surface area contributed by atoms with E-state index >= 15 is 0 Å². The maximum atomic E-state index is 12.1. The molecule has 18 heavy (non-hydrogen) atoms. The molecule has 1 aromatic rings. The number of rotatable bonds is 7. The van der Waals surface area contributed by atoms with E-state index in [2.05, 4.69) is 5.32 Å². The zero-order valence-electron chi connectivity index (χ0n) is 10.5. The van der Waals surface area contributed by atoms with Gasteiger partial charge in [0.2, 0.25) is 0 Å². The maximum absolute atomic E-state index is 12.1. The molecule has 0 aliphatic heterocycles. The van der Waals surface area contributed by atoms with Gasteiger partial charge in [-0.3, -0.25) is 0 Å². The van der Waals surface area contributed by atoms with Crippen LogP contribution in [0, 0.1) is 0 Å². The molecule has 6 heteroatoms. The van der Waals surface area contributed by atoms with Gasteiger partial charge in [-0.05, 0) is 31.2 Å². The Balaban J connectivity index is 2.57. The van der Waals surface area contributed by atoms with Crippen molar-refractivity contribution in [3.8, 4) is 0 Å². The highest BCUT2D eigenvalue weighted by molar-refractivity contribution is 7.99. The van der Waals surface area contributed by atoms with E-state index in [4.69, 9.17) is 9.47 Å². The number of halogens is 2. The molecule has 0 aliphatic rings. The van der Waals surface area contributed by atoms with Gasteiger partial charge in [-0.1, -0.05) is 11.8 Å². The van der Waals surface area contributed by atoms with E-state index in [9.17, 15) is 8.78 Å². The second-order valence-corrected chi connectivity index (χ2v) is 4.74. The fraction of sp³-hybridized carbons (Fsp3) is 0.500. The van der Waals surface area contributed by atoms with Gasteiger partial charge < -0.3 is 14.8 Å². The standard InChI is InChI=1S/C12H17F2NO2S/c1-8(11(16-2)17-3)15-9-4-6-10(7-5-9)18-12(13)14/h4-8,11-12,15H,1-3H3. The fourth-order valence-corrected chi connectivity index (χ4v) is 2.07. The third-order valence-corrected chi connectivity index (χ3v) is 3.07. The number of alkyl halides is 2. The quantitative estimate of drug-likeness (QED) is 0.611. The zero-order chi connectivity index (χ0) is 13.5. The number of hydrogen-bond acceptors (Lipinski definition) is 4. The van der Waals surface area contributed by atoms with E-state index in [1.165, 1.54) is 0 Å². The topological polar surface area (TPSA) is 30.5 Å². The van der Waals surface area contributed by atoms with E-state index < -0.39 is 5.76 Å². The predicted molar refractivity (Wildman–Crippen MR) is 69.2 cm³/mol. The predicted octanol–water partition coefficient (Wildman–Crippen LogP) is 3.42. The maximum Gasteiger partial charge on any atom is 0.288 e. The van der Waals surface area contributed by atoms with E-state index in [1.54, 1.807) is 38.5 Å². The lowest BCUT2D eigenvalue weighted by Crippen LogP contribution is -2.33. The Morgan fingerprint density at radius 3 is 2.11 bits per heavy atom. The lowest BCUT2D eigenvalue weighted by Gasteiger charge is -2.23. The molecule has 0 heterocycles. The second-order valence-electron chi connectivity index (χ2n) is 3.68. The van der Waals surface area contributed by atoms with Crippen LogP contribution in [0.25, 0.3) is 0 Å². The minimum Gasteiger partial charge on any atom is -0.377 e. The van der Waals surface area contributed by atoms with Gasteiger partial charge in [0.1, 0.15) is 0 Å². The van der Waals surface area contributed by atoms with Gasteiger partial charge in [0.05, 0.1) is 6.04 Å². The van der Waals surface area contributed by atoms with Crippen molar-refractivity contribution >= 4 is 17.4 Å².